The minimum atomic E-state index is -4.59. The fourth-order valence-electron chi connectivity index (χ4n) is 1.92. The van der Waals surface area contributed by atoms with Crippen molar-refractivity contribution >= 4 is 23.2 Å². The van der Waals surface area contributed by atoms with Gasteiger partial charge in [0.25, 0.3) is 0 Å². The summed E-state index contributed by atoms with van der Waals surface area (Å²) in [6, 6.07) is 2.22. The molecule has 118 valence electrons. The van der Waals surface area contributed by atoms with Gasteiger partial charge in [-0.3, -0.25) is 4.98 Å². The van der Waals surface area contributed by atoms with Crippen molar-refractivity contribution in [2.75, 3.05) is 7.11 Å². The van der Waals surface area contributed by atoms with E-state index in [0.29, 0.717) is 6.20 Å². The molecule has 0 radical (unpaired) electrons. The number of ether oxygens (including phenoxy) is 1. The van der Waals surface area contributed by atoms with Crippen LogP contribution < -0.4 is 4.74 Å². The highest BCUT2D eigenvalue weighted by molar-refractivity contribution is 6.34. The fraction of sp³-hybridized carbons (Fsp3) is 0.214. The SMILES string of the molecule is COc1cc(-c2ncc(C(F)(F)F)c(C)c2Cl)c(F)cc1Cl. The van der Waals surface area contributed by atoms with Crippen LogP contribution in [0.15, 0.2) is 18.3 Å². The Bertz CT molecular complexity index is 732. The zero-order valence-corrected chi connectivity index (χ0v) is 12.9. The Morgan fingerprint density at radius 2 is 1.82 bits per heavy atom. The van der Waals surface area contributed by atoms with E-state index in [1.54, 1.807) is 0 Å². The molecule has 0 aliphatic heterocycles. The number of rotatable bonds is 2. The molecule has 0 saturated carbocycles. The lowest BCUT2D eigenvalue weighted by molar-refractivity contribution is -0.138. The van der Waals surface area contributed by atoms with Crippen LogP contribution in [0.4, 0.5) is 17.6 Å². The summed E-state index contributed by atoms with van der Waals surface area (Å²) >= 11 is 11.7. The molecule has 0 unspecified atom stereocenters. The van der Waals surface area contributed by atoms with Gasteiger partial charge in [-0.1, -0.05) is 23.2 Å². The van der Waals surface area contributed by atoms with Crippen molar-refractivity contribution < 1.29 is 22.3 Å². The third kappa shape index (κ3) is 2.98. The lowest BCUT2D eigenvalue weighted by Gasteiger charge is -2.14. The number of pyridine rings is 1. The van der Waals surface area contributed by atoms with Gasteiger partial charge in [-0.15, -0.1) is 0 Å². The fourth-order valence-corrected chi connectivity index (χ4v) is 2.40. The molecule has 1 aromatic heterocycles. The summed E-state index contributed by atoms with van der Waals surface area (Å²) < 4.78 is 57.4. The van der Waals surface area contributed by atoms with Gasteiger partial charge in [0.1, 0.15) is 11.6 Å². The number of benzene rings is 1. The van der Waals surface area contributed by atoms with E-state index in [-0.39, 0.29) is 32.6 Å². The highest BCUT2D eigenvalue weighted by Gasteiger charge is 2.34. The molecular weight excluding hydrogens is 345 g/mol. The van der Waals surface area contributed by atoms with Gasteiger partial charge >= 0.3 is 6.18 Å². The molecule has 0 fully saturated rings. The van der Waals surface area contributed by atoms with Gasteiger partial charge in [0.15, 0.2) is 0 Å². The van der Waals surface area contributed by atoms with Gasteiger partial charge in [0, 0.05) is 11.8 Å². The Morgan fingerprint density at radius 3 is 2.36 bits per heavy atom. The number of nitrogens with zero attached hydrogens (tertiary/aromatic N) is 1. The smallest absolute Gasteiger partial charge is 0.418 e. The second-order valence-electron chi connectivity index (χ2n) is 4.42. The molecule has 0 aliphatic carbocycles. The molecule has 0 amide bonds. The Kier molecular flexibility index (Phi) is 4.54. The minimum Gasteiger partial charge on any atom is -0.495 e. The van der Waals surface area contributed by atoms with Crippen molar-refractivity contribution in [2.24, 2.45) is 0 Å². The average Bonchev–Trinajstić information content (AvgIpc) is 2.41. The quantitative estimate of drug-likeness (QED) is 0.662. The van der Waals surface area contributed by atoms with E-state index in [0.717, 1.165) is 6.07 Å². The van der Waals surface area contributed by atoms with Gasteiger partial charge in [-0.05, 0) is 24.6 Å². The highest BCUT2D eigenvalue weighted by Crippen LogP contribution is 2.40. The second-order valence-corrected chi connectivity index (χ2v) is 5.21. The maximum atomic E-state index is 14.0. The molecule has 0 bridgehead atoms. The van der Waals surface area contributed by atoms with Crippen LogP contribution in [0.2, 0.25) is 10.0 Å². The first-order chi connectivity index (χ1) is 10.2. The normalized spacial score (nSPS) is 11.6. The molecule has 0 aliphatic rings. The molecule has 0 saturated heterocycles. The monoisotopic (exact) mass is 353 g/mol. The number of hydrogen-bond acceptors (Lipinski definition) is 2. The van der Waals surface area contributed by atoms with E-state index < -0.39 is 17.6 Å². The molecule has 0 N–H and O–H groups in total. The first-order valence-corrected chi connectivity index (χ1v) is 6.68. The van der Waals surface area contributed by atoms with Crippen molar-refractivity contribution in [2.45, 2.75) is 13.1 Å². The molecule has 0 atom stereocenters. The van der Waals surface area contributed by atoms with Crippen LogP contribution in [0, 0.1) is 12.7 Å². The van der Waals surface area contributed by atoms with E-state index in [2.05, 4.69) is 4.98 Å². The summed E-state index contributed by atoms with van der Waals surface area (Å²) in [5.41, 5.74) is -1.40. The number of hydrogen-bond donors (Lipinski definition) is 0. The van der Waals surface area contributed by atoms with E-state index >= 15 is 0 Å². The van der Waals surface area contributed by atoms with Crippen LogP contribution in [0.3, 0.4) is 0 Å². The second kappa shape index (κ2) is 5.93. The van der Waals surface area contributed by atoms with Crippen molar-refractivity contribution in [3.05, 3.63) is 45.3 Å². The van der Waals surface area contributed by atoms with Crippen LogP contribution in [0.5, 0.6) is 5.75 Å². The third-order valence-corrected chi connectivity index (χ3v) is 3.82. The number of methoxy groups -OCH3 is 1. The van der Waals surface area contributed by atoms with Crippen LogP contribution in [-0.4, -0.2) is 12.1 Å². The molecular formula is C14H9Cl2F4NO. The van der Waals surface area contributed by atoms with Crippen molar-refractivity contribution in [3.63, 3.8) is 0 Å². The predicted molar refractivity (Wildman–Crippen MR) is 75.9 cm³/mol. The van der Waals surface area contributed by atoms with Crippen molar-refractivity contribution in [3.8, 4) is 17.0 Å². The van der Waals surface area contributed by atoms with Crippen LogP contribution in [0.1, 0.15) is 11.1 Å². The summed E-state index contributed by atoms with van der Waals surface area (Å²) in [5.74, 6) is -0.604. The molecule has 22 heavy (non-hydrogen) atoms. The Labute approximate surface area is 133 Å². The summed E-state index contributed by atoms with van der Waals surface area (Å²) in [7, 11) is 1.33. The molecule has 0 spiro atoms. The van der Waals surface area contributed by atoms with Crippen LogP contribution >= 0.6 is 23.2 Å². The van der Waals surface area contributed by atoms with Gasteiger partial charge < -0.3 is 4.74 Å². The largest absolute Gasteiger partial charge is 0.495 e. The first-order valence-electron chi connectivity index (χ1n) is 5.92. The predicted octanol–water partition coefficient (Wildman–Crippen LogP) is 5.53. The third-order valence-electron chi connectivity index (χ3n) is 3.07. The lowest BCUT2D eigenvalue weighted by Crippen LogP contribution is -2.09. The molecule has 2 aromatic rings. The first kappa shape index (κ1) is 16.8. The van der Waals surface area contributed by atoms with E-state index in [9.17, 15) is 17.6 Å². The Morgan fingerprint density at radius 1 is 1.18 bits per heavy atom. The van der Waals surface area contributed by atoms with Gasteiger partial charge in [-0.2, -0.15) is 13.2 Å². The Hall–Kier alpha value is -1.53. The van der Waals surface area contributed by atoms with Gasteiger partial charge in [-0.25, -0.2) is 4.39 Å². The molecule has 1 heterocycles. The van der Waals surface area contributed by atoms with Crippen molar-refractivity contribution in [1.29, 1.82) is 0 Å². The zero-order chi connectivity index (χ0) is 16.7. The van der Waals surface area contributed by atoms with Crippen molar-refractivity contribution in [1.82, 2.24) is 4.98 Å². The zero-order valence-electron chi connectivity index (χ0n) is 11.4. The molecule has 2 rings (SSSR count). The summed E-state index contributed by atoms with van der Waals surface area (Å²) in [4.78, 5) is 3.65. The standard InChI is InChI=1S/C14H9Cl2F4NO/c1-6-8(14(18,19)20)5-21-13(12(6)16)7-3-11(22-2)9(15)4-10(7)17/h3-5H,1-2H3. The van der Waals surface area contributed by atoms with E-state index in [1.807, 2.05) is 0 Å². The van der Waals surface area contributed by atoms with Crippen LogP contribution in [0.25, 0.3) is 11.3 Å². The molecule has 8 heteroatoms. The van der Waals surface area contributed by atoms with Gasteiger partial charge in [0.05, 0.1) is 28.4 Å². The topological polar surface area (TPSA) is 22.1 Å². The maximum absolute atomic E-state index is 14.0. The number of halogens is 6. The lowest BCUT2D eigenvalue weighted by atomic mass is 10.0. The number of alkyl halides is 3. The summed E-state index contributed by atoms with van der Waals surface area (Å²) in [5, 5.41) is -0.249. The highest BCUT2D eigenvalue weighted by atomic mass is 35.5. The average molecular weight is 354 g/mol. The Balaban J connectivity index is 2.67. The van der Waals surface area contributed by atoms with Crippen LogP contribution in [-0.2, 0) is 6.18 Å². The van der Waals surface area contributed by atoms with E-state index in [4.69, 9.17) is 27.9 Å². The minimum absolute atomic E-state index is 0.0310. The summed E-state index contributed by atoms with van der Waals surface area (Å²) in [6.07, 6.45) is -3.97. The molecule has 1 aromatic carbocycles. The maximum Gasteiger partial charge on any atom is 0.418 e. The summed E-state index contributed by atoms with van der Waals surface area (Å²) in [6.45, 7) is 1.20. The molecule has 2 nitrogen and oxygen atoms in total. The van der Waals surface area contributed by atoms with E-state index in [1.165, 1.54) is 20.1 Å². The van der Waals surface area contributed by atoms with Gasteiger partial charge in [0.2, 0.25) is 0 Å². The number of aromatic nitrogens is 1.